The topological polar surface area (TPSA) is 80.6 Å². The molecule has 0 radical (unpaired) electrons. The Kier molecular flexibility index (Phi) is 6.64. The first-order valence-corrected chi connectivity index (χ1v) is 12.6. The minimum atomic E-state index is -0.192. The minimum absolute atomic E-state index is 0.192. The van der Waals surface area contributed by atoms with Crippen LogP contribution >= 0.6 is 11.8 Å². The lowest BCUT2D eigenvalue weighted by Gasteiger charge is -2.28. The number of thioether (sulfide) groups is 1. The summed E-state index contributed by atoms with van der Waals surface area (Å²) in [4.78, 5) is 28.7. The molecule has 5 rings (SSSR count). The second-order valence-corrected chi connectivity index (χ2v) is 9.43. The number of nitrogens with zero attached hydrogens (tertiary/aromatic N) is 5. The van der Waals surface area contributed by atoms with E-state index in [-0.39, 0.29) is 11.8 Å². The van der Waals surface area contributed by atoms with E-state index in [1.165, 1.54) is 4.90 Å². The van der Waals surface area contributed by atoms with Gasteiger partial charge in [-0.3, -0.25) is 19.1 Å². The van der Waals surface area contributed by atoms with Gasteiger partial charge in [0, 0.05) is 25.4 Å². The van der Waals surface area contributed by atoms with Crippen LogP contribution < -0.4 is 4.90 Å². The number of fused-ring (bicyclic) bond motifs is 1. The van der Waals surface area contributed by atoms with E-state index in [2.05, 4.69) is 38.7 Å². The number of ether oxygens (including phenoxy) is 1. The van der Waals surface area contributed by atoms with Crippen LogP contribution in [0, 0.1) is 6.92 Å². The van der Waals surface area contributed by atoms with Crippen LogP contribution in [0.2, 0.25) is 0 Å². The fourth-order valence-corrected chi connectivity index (χ4v) is 5.27. The second kappa shape index (κ2) is 9.99. The average Bonchev–Trinajstić information content (AvgIpc) is 3.39. The van der Waals surface area contributed by atoms with Crippen LogP contribution in [0.3, 0.4) is 0 Å². The first-order chi connectivity index (χ1) is 16.6. The standard InChI is InChI=1S/C25H27N5O3S/c1-18-8-2-5-11-21(18)30-24(28-13-15-33-16-14-28)26-27-25(30)34-17-7-6-12-29-22(31)19-9-3-4-10-20(19)23(29)32/h2-5,8-11H,6-7,12-17H2,1H3. The fourth-order valence-electron chi connectivity index (χ4n) is 4.33. The van der Waals surface area contributed by atoms with Gasteiger partial charge in [-0.25, -0.2) is 0 Å². The second-order valence-electron chi connectivity index (χ2n) is 8.37. The van der Waals surface area contributed by atoms with E-state index in [1.54, 1.807) is 36.0 Å². The molecule has 0 spiro atoms. The van der Waals surface area contributed by atoms with Crippen LogP contribution in [0.15, 0.2) is 53.7 Å². The fraction of sp³-hybridized carbons (Fsp3) is 0.360. The molecule has 0 N–H and O–H groups in total. The van der Waals surface area contributed by atoms with Gasteiger partial charge in [-0.2, -0.15) is 0 Å². The highest BCUT2D eigenvalue weighted by Crippen LogP contribution is 2.29. The molecule has 3 aromatic rings. The molecule has 2 amide bonds. The smallest absolute Gasteiger partial charge is 0.261 e. The summed E-state index contributed by atoms with van der Waals surface area (Å²) in [7, 11) is 0. The van der Waals surface area contributed by atoms with E-state index in [0.29, 0.717) is 30.9 Å². The number of morpholine rings is 1. The molecule has 2 aromatic carbocycles. The molecular weight excluding hydrogens is 450 g/mol. The van der Waals surface area contributed by atoms with Gasteiger partial charge in [-0.1, -0.05) is 42.1 Å². The van der Waals surface area contributed by atoms with Crippen molar-refractivity contribution >= 4 is 29.5 Å². The Balaban J connectivity index is 1.24. The first-order valence-electron chi connectivity index (χ1n) is 11.6. The molecule has 2 aliphatic rings. The Bertz CT molecular complexity index is 1170. The number of imide groups is 1. The van der Waals surface area contributed by atoms with Gasteiger partial charge in [0.1, 0.15) is 0 Å². The summed E-state index contributed by atoms with van der Waals surface area (Å²) >= 11 is 1.65. The third-order valence-electron chi connectivity index (χ3n) is 6.15. The van der Waals surface area contributed by atoms with Crippen molar-refractivity contribution in [1.29, 1.82) is 0 Å². The maximum atomic E-state index is 12.5. The molecule has 0 unspecified atom stereocenters. The number of aryl methyl sites for hydroxylation is 1. The molecular formula is C25H27N5O3S. The van der Waals surface area contributed by atoms with Crippen LogP contribution in [0.1, 0.15) is 39.1 Å². The number of carbonyl (C=O) groups excluding carboxylic acids is 2. The molecule has 2 aliphatic heterocycles. The van der Waals surface area contributed by atoms with Gasteiger partial charge in [0.25, 0.3) is 11.8 Å². The van der Waals surface area contributed by atoms with Crippen LogP contribution in [-0.2, 0) is 4.74 Å². The largest absolute Gasteiger partial charge is 0.378 e. The van der Waals surface area contributed by atoms with E-state index in [0.717, 1.165) is 54.0 Å². The van der Waals surface area contributed by atoms with Gasteiger partial charge >= 0.3 is 0 Å². The van der Waals surface area contributed by atoms with E-state index in [1.807, 2.05) is 12.1 Å². The van der Waals surface area contributed by atoms with Crippen molar-refractivity contribution in [2.75, 3.05) is 43.5 Å². The first kappa shape index (κ1) is 22.6. The van der Waals surface area contributed by atoms with Gasteiger partial charge in [0.05, 0.1) is 30.0 Å². The van der Waals surface area contributed by atoms with Gasteiger partial charge < -0.3 is 9.64 Å². The van der Waals surface area contributed by atoms with Gasteiger partial charge in [0.15, 0.2) is 5.16 Å². The number of rotatable bonds is 8. The van der Waals surface area contributed by atoms with E-state index in [9.17, 15) is 9.59 Å². The lowest BCUT2D eigenvalue weighted by Crippen LogP contribution is -2.38. The highest BCUT2D eigenvalue weighted by Gasteiger charge is 2.34. The van der Waals surface area contributed by atoms with E-state index < -0.39 is 0 Å². The summed E-state index contributed by atoms with van der Waals surface area (Å²) in [6, 6.07) is 15.3. The zero-order valence-electron chi connectivity index (χ0n) is 19.1. The lowest BCUT2D eigenvalue weighted by atomic mass is 10.1. The van der Waals surface area contributed by atoms with Crippen molar-refractivity contribution in [3.05, 3.63) is 65.2 Å². The highest BCUT2D eigenvalue weighted by molar-refractivity contribution is 7.99. The van der Waals surface area contributed by atoms with Crippen molar-refractivity contribution in [2.45, 2.75) is 24.9 Å². The third-order valence-corrected chi connectivity index (χ3v) is 7.17. The molecule has 0 saturated carbocycles. The number of aromatic nitrogens is 3. The van der Waals surface area contributed by atoms with Crippen molar-refractivity contribution in [1.82, 2.24) is 19.7 Å². The molecule has 0 aliphatic carbocycles. The molecule has 0 atom stereocenters. The summed E-state index contributed by atoms with van der Waals surface area (Å²) in [5.74, 6) is 1.27. The number of para-hydroxylation sites is 1. The average molecular weight is 478 g/mol. The van der Waals surface area contributed by atoms with Crippen molar-refractivity contribution in [2.24, 2.45) is 0 Å². The molecule has 1 saturated heterocycles. The van der Waals surface area contributed by atoms with Crippen LogP contribution in [-0.4, -0.2) is 70.1 Å². The molecule has 1 fully saturated rings. The molecule has 34 heavy (non-hydrogen) atoms. The van der Waals surface area contributed by atoms with Crippen LogP contribution in [0.5, 0.6) is 0 Å². The number of carbonyl (C=O) groups is 2. The summed E-state index contributed by atoms with van der Waals surface area (Å²) < 4.78 is 7.65. The Labute approximate surface area is 202 Å². The molecule has 176 valence electrons. The molecule has 3 heterocycles. The molecule has 9 heteroatoms. The summed E-state index contributed by atoms with van der Waals surface area (Å²) in [6.07, 6.45) is 1.60. The number of hydrogen-bond acceptors (Lipinski definition) is 7. The number of hydrogen-bond donors (Lipinski definition) is 0. The quantitative estimate of drug-likeness (QED) is 0.279. The molecule has 8 nitrogen and oxygen atoms in total. The maximum absolute atomic E-state index is 12.5. The van der Waals surface area contributed by atoms with Crippen molar-refractivity contribution in [3.63, 3.8) is 0 Å². The third kappa shape index (κ3) is 4.33. The predicted molar refractivity (Wildman–Crippen MR) is 131 cm³/mol. The van der Waals surface area contributed by atoms with E-state index in [4.69, 9.17) is 4.74 Å². The molecule has 1 aromatic heterocycles. The van der Waals surface area contributed by atoms with E-state index >= 15 is 0 Å². The highest BCUT2D eigenvalue weighted by atomic mass is 32.2. The molecule has 0 bridgehead atoms. The number of benzene rings is 2. The SMILES string of the molecule is Cc1ccccc1-n1c(SCCCCN2C(=O)c3ccccc3C2=O)nnc1N1CCOCC1. The van der Waals surface area contributed by atoms with Crippen molar-refractivity contribution < 1.29 is 14.3 Å². The monoisotopic (exact) mass is 477 g/mol. The number of amides is 2. The Hall–Kier alpha value is -3.17. The Morgan fingerprint density at radius 3 is 2.29 bits per heavy atom. The van der Waals surface area contributed by atoms with Crippen molar-refractivity contribution in [3.8, 4) is 5.69 Å². The number of anilines is 1. The minimum Gasteiger partial charge on any atom is -0.378 e. The van der Waals surface area contributed by atoms with Gasteiger partial charge in [-0.05, 0) is 43.5 Å². The zero-order chi connectivity index (χ0) is 23.5. The van der Waals surface area contributed by atoms with Crippen LogP contribution in [0.4, 0.5) is 5.95 Å². The Morgan fingerprint density at radius 1 is 0.912 bits per heavy atom. The lowest BCUT2D eigenvalue weighted by molar-refractivity contribution is 0.0652. The predicted octanol–water partition coefficient (Wildman–Crippen LogP) is 3.58. The Morgan fingerprint density at radius 2 is 1.59 bits per heavy atom. The van der Waals surface area contributed by atoms with Crippen LogP contribution in [0.25, 0.3) is 5.69 Å². The summed E-state index contributed by atoms with van der Waals surface area (Å²) in [5, 5.41) is 9.88. The van der Waals surface area contributed by atoms with Gasteiger partial charge in [-0.15, -0.1) is 10.2 Å². The normalized spacial score (nSPS) is 15.8. The number of unbranched alkanes of at least 4 members (excludes halogenated alkanes) is 1. The maximum Gasteiger partial charge on any atom is 0.261 e. The summed E-state index contributed by atoms with van der Waals surface area (Å²) in [5.41, 5.74) is 3.24. The zero-order valence-corrected chi connectivity index (χ0v) is 20.0. The van der Waals surface area contributed by atoms with Gasteiger partial charge in [0.2, 0.25) is 5.95 Å². The summed E-state index contributed by atoms with van der Waals surface area (Å²) in [6.45, 7) is 5.46.